The topological polar surface area (TPSA) is 41.5 Å². The molecule has 2 N–H and O–H groups in total. The third kappa shape index (κ3) is 3.24. The maximum absolute atomic E-state index is 10.4. The Kier molecular flexibility index (Phi) is 4.25. The SMILES string of the molecule is CNCCC(C)(O)CC1CCOc2ccccc21. The van der Waals surface area contributed by atoms with Gasteiger partial charge in [-0.15, -0.1) is 0 Å². The van der Waals surface area contributed by atoms with Crippen LogP contribution in [0.4, 0.5) is 0 Å². The molecule has 18 heavy (non-hydrogen) atoms. The van der Waals surface area contributed by atoms with Crippen LogP contribution in [0, 0.1) is 0 Å². The lowest BCUT2D eigenvalue weighted by molar-refractivity contribution is 0.0312. The van der Waals surface area contributed by atoms with Crippen LogP contribution in [-0.2, 0) is 0 Å². The highest BCUT2D eigenvalue weighted by atomic mass is 16.5. The summed E-state index contributed by atoms with van der Waals surface area (Å²) < 4.78 is 5.66. The zero-order chi connectivity index (χ0) is 13.0. The molecule has 100 valence electrons. The van der Waals surface area contributed by atoms with Gasteiger partial charge in [-0.3, -0.25) is 0 Å². The molecule has 1 aromatic carbocycles. The third-order valence-corrected chi connectivity index (χ3v) is 3.68. The fraction of sp³-hybridized carbons (Fsp3) is 0.600. The number of ether oxygens (including phenoxy) is 1. The van der Waals surface area contributed by atoms with E-state index in [-0.39, 0.29) is 0 Å². The van der Waals surface area contributed by atoms with Gasteiger partial charge in [-0.25, -0.2) is 0 Å². The molecule has 2 rings (SSSR count). The minimum absolute atomic E-state index is 0.404. The average Bonchev–Trinajstić information content (AvgIpc) is 2.37. The van der Waals surface area contributed by atoms with Crippen LogP contribution in [0.3, 0.4) is 0 Å². The van der Waals surface area contributed by atoms with Crippen molar-refractivity contribution in [1.29, 1.82) is 0 Å². The lowest BCUT2D eigenvalue weighted by Gasteiger charge is -2.32. The predicted molar refractivity (Wildman–Crippen MR) is 73.1 cm³/mol. The summed E-state index contributed by atoms with van der Waals surface area (Å²) in [5.41, 5.74) is 0.631. The van der Waals surface area contributed by atoms with E-state index in [0.717, 1.165) is 38.2 Å². The second kappa shape index (κ2) is 5.72. The van der Waals surface area contributed by atoms with Gasteiger partial charge in [0.1, 0.15) is 5.75 Å². The predicted octanol–water partition coefficient (Wildman–Crippen LogP) is 2.30. The number of fused-ring (bicyclic) bond motifs is 1. The molecule has 1 heterocycles. The molecule has 2 atom stereocenters. The third-order valence-electron chi connectivity index (χ3n) is 3.68. The highest BCUT2D eigenvalue weighted by Gasteiger charge is 2.29. The summed E-state index contributed by atoms with van der Waals surface area (Å²) in [6.45, 7) is 3.53. The van der Waals surface area contributed by atoms with E-state index >= 15 is 0 Å². The molecule has 1 aromatic rings. The van der Waals surface area contributed by atoms with Gasteiger partial charge in [0, 0.05) is 0 Å². The zero-order valence-corrected chi connectivity index (χ0v) is 11.3. The summed E-state index contributed by atoms with van der Waals surface area (Å²) in [5.74, 6) is 1.39. The molecule has 1 aliphatic heterocycles. The van der Waals surface area contributed by atoms with Crippen LogP contribution in [0.15, 0.2) is 24.3 Å². The Hall–Kier alpha value is -1.06. The van der Waals surface area contributed by atoms with Crippen molar-refractivity contribution in [2.75, 3.05) is 20.2 Å². The monoisotopic (exact) mass is 249 g/mol. The first-order valence-corrected chi connectivity index (χ1v) is 6.71. The minimum Gasteiger partial charge on any atom is -0.493 e. The second-order valence-corrected chi connectivity index (χ2v) is 5.43. The molecule has 0 aliphatic carbocycles. The number of hydrogen-bond donors (Lipinski definition) is 2. The molecule has 0 saturated heterocycles. The molecule has 1 aliphatic rings. The van der Waals surface area contributed by atoms with Gasteiger partial charge >= 0.3 is 0 Å². The summed E-state index contributed by atoms with van der Waals surface area (Å²) >= 11 is 0. The molecule has 0 aromatic heterocycles. The van der Waals surface area contributed by atoms with Gasteiger partial charge in [-0.1, -0.05) is 18.2 Å². The molecule has 3 heteroatoms. The fourth-order valence-corrected chi connectivity index (χ4v) is 2.66. The fourth-order valence-electron chi connectivity index (χ4n) is 2.66. The van der Waals surface area contributed by atoms with E-state index in [1.807, 2.05) is 32.2 Å². The summed E-state index contributed by atoms with van der Waals surface area (Å²) in [6.07, 6.45) is 2.57. The van der Waals surface area contributed by atoms with E-state index in [0.29, 0.717) is 5.92 Å². The van der Waals surface area contributed by atoms with Crippen LogP contribution in [0.5, 0.6) is 5.75 Å². The lowest BCUT2D eigenvalue weighted by Crippen LogP contribution is -2.32. The quantitative estimate of drug-likeness (QED) is 0.841. The van der Waals surface area contributed by atoms with Gasteiger partial charge in [-0.2, -0.15) is 0 Å². The number of aliphatic hydroxyl groups is 1. The van der Waals surface area contributed by atoms with Gasteiger partial charge in [-0.05, 0) is 57.3 Å². The summed E-state index contributed by atoms with van der Waals surface area (Å²) in [7, 11) is 1.92. The first-order valence-electron chi connectivity index (χ1n) is 6.71. The van der Waals surface area contributed by atoms with Crippen molar-refractivity contribution in [1.82, 2.24) is 5.32 Å². The molecule has 0 amide bonds. The van der Waals surface area contributed by atoms with E-state index in [9.17, 15) is 5.11 Å². The van der Waals surface area contributed by atoms with Crippen molar-refractivity contribution in [3.05, 3.63) is 29.8 Å². The summed E-state index contributed by atoms with van der Waals surface area (Å²) in [5, 5.41) is 13.5. The van der Waals surface area contributed by atoms with E-state index < -0.39 is 5.60 Å². The molecular formula is C15H23NO2. The number of rotatable bonds is 5. The zero-order valence-electron chi connectivity index (χ0n) is 11.3. The largest absolute Gasteiger partial charge is 0.493 e. The maximum atomic E-state index is 10.4. The van der Waals surface area contributed by atoms with E-state index in [1.165, 1.54) is 5.56 Å². The molecule has 0 spiro atoms. The first kappa shape index (κ1) is 13.4. The lowest BCUT2D eigenvalue weighted by atomic mass is 9.82. The minimum atomic E-state index is -0.613. The summed E-state index contributed by atoms with van der Waals surface area (Å²) in [6, 6.07) is 8.18. The number of benzene rings is 1. The summed E-state index contributed by atoms with van der Waals surface area (Å²) in [4.78, 5) is 0. The van der Waals surface area contributed by atoms with Crippen LogP contribution < -0.4 is 10.1 Å². The normalized spacial score (nSPS) is 21.8. The van der Waals surface area contributed by atoms with Crippen LogP contribution in [0.2, 0.25) is 0 Å². The van der Waals surface area contributed by atoms with Gasteiger partial charge in [0.05, 0.1) is 12.2 Å². The van der Waals surface area contributed by atoms with Crippen LogP contribution in [-0.4, -0.2) is 30.9 Å². The van der Waals surface area contributed by atoms with Crippen LogP contribution in [0.1, 0.15) is 37.7 Å². The molecular weight excluding hydrogens is 226 g/mol. The van der Waals surface area contributed by atoms with Crippen LogP contribution >= 0.6 is 0 Å². The van der Waals surface area contributed by atoms with Crippen LogP contribution in [0.25, 0.3) is 0 Å². The smallest absolute Gasteiger partial charge is 0.122 e. The Labute approximate surface area is 109 Å². The Morgan fingerprint density at radius 1 is 1.44 bits per heavy atom. The van der Waals surface area contributed by atoms with Gasteiger partial charge in [0.25, 0.3) is 0 Å². The Balaban J connectivity index is 2.06. The van der Waals surface area contributed by atoms with Crippen molar-refractivity contribution in [3.8, 4) is 5.75 Å². The molecule has 0 saturated carbocycles. The van der Waals surface area contributed by atoms with Crippen molar-refractivity contribution >= 4 is 0 Å². The Bertz CT molecular complexity index is 390. The molecule has 0 radical (unpaired) electrons. The molecule has 0 fully saturated rings. The first-order chi connectivity index (χ1) is 8.62. The van der Waals surface area contributed by atoms with Crippen molar-refractivity contribution in [3.63, 3.8) is 0 Å². The maximum Gasteiger partial charge on any atom is 0.122 e. The standard InChI is InChI=1S/C15H23NO2/c1-15(17,8-9-16-2)11-12-7-10-18-14-6-4-3-5-13(12)14/h3-6,12,16-17H,7-11H2,1-2H3. The van der Waals surface area contributed by atoms with Gasteiger partial charge < -0.3 is 15.2 Å². The number of para-hydroxylation sites is 1. The average molecular weight is 249 g/mol. The highest BCUT2D eigenvalue weighted by molar-refractivity contribution is 5.37. The second-order valence-electron chi connectivity index (χ2n) is 5.43. The van der Waals surface area contributed by atoms with E-state index in [2.05, 4.69) is 11.4 Å². The molecule has 2 unspecified atom stereocenters. The van der Waals surface area contributed by atoms with E-state index in [1.54, 1.807) is 0 Å². The van der Waals surface area contributed by atoms with Gasteiger partial charge in [0.2, 0.25) is 0 Å². The van der Waals surface area contributed by atoms with Gasteiger partial charge in [0.15, 0.2) is 0 Å². The van der Waals surface area contributed by atoms with Crippen molar-refractivity contribution in [2.24, 2.45) is 0 Å². The Morgan fingerprint density at radius 3 is 3.00 bits per heavy atom. The molecule has 3 nitrogen and oxygen atoms in total. The van der Waals surface area contributed by atoms with Crippen molar-refractivity contribution < 1.29 is 9.84 Å². The van der Waals surface area contributed by atoms with Crippen molar-refractivity contribution in [2.45, 2.75) is 37.7 Å². The van der Waals surface area contributed by atoms with E-state index in [4.69, 9.17) is 4.74 Å². The highest BCUT2D eigenvalue weighted by Crippen LogP contribution is 2.38. The Morgan fingerprint density at radius 2 is 2.22 bits per heavy atom. The number of nitrogens with one attached hydrogen (secondary N) is 1. The number of hydrogen-bond acceptors (Lipinski definition) is 3. The molecule has 0 bridgehead atoms.